The van der Waals surface area contributed by atoms with Gasteiger partial charge >= 0.3 is 0 Å². The number of aromatic nitrogens is 2. The second kappa shape index (κ2) is 3.14. The summed E-state index contributed by atoms with van der Waals surface area (Å²) < 4.78 is 0. The van der Waals surface area contributed by atoms with E-state index in [9.17, 15) is 0 Å². The van der Waals surface area contributed by atoms with Crippen molar-refractivity contribution in [3.63, 3.8) is 0 Å². The van der Waals surface area contributed by atoms with E-state index < -0.39 is 0 Å². The van der Waals surface area contributed by atoms with Gasteiger partial charge in [-0.3, -0.25) is 0 Å². The molecule has 0 saturated carbocycles. The van der Waals surface area contributed by atoms with E-state index in [-0.39, 0.29) is 0 Å². The molecule has 0 spiro atoms. The molecule has 3 nitrogen and oxygen atoms in total. The van der Waals surface area contributed by atoms with E-state index in [0.717, 1.165) is 21.4 Å². The largest absolute Gasteiger partial charge is 0.391 e. The van der Waals surface area contributed by atoms with Crippen molar-refractivity contribution in [2.45, 2.75) is 6.92 Å². The van der Waals surface area contributed by atoms with Crippen molar-refractivity contribution in [3.05, 3.63) is 30.2 Å². The van der Waals surface area contributed by atoms with Crippen molar-refractivity contribution in [2.24, 2.45) is 0 Å². The summed E-state index contributed by atoms with van der Waals surface area (Å²) in [6, 6.07) is 5.75. The molecule has 0 aliphatic heterocycles. The zero-order valence-corrected chi connectivity index (χ0v) is 8.01. The Morgan fingerprint density at radius 2 is 2.15 bits per heavy atom. The minimum atomic E-state index is 0.782. The van der Waals surface area contributed by atoms with Crippen LogP contribution in [0, 0.1) is 6.92 Å². The molecule has 4 heteroatoms. The number of nitrogens with zero attached hydrogens (tertiary/aromatic N) is 2. The van der Waals surface area contributed by atoms with E-state index in [1.54, 1.807) is 6.20 Å². The van der Waals surface area contributed by atoms with E-state index in [0.29, 0.717) is 0 Å². The van der Waals surface area contributed by atoms with Gasteiger partial charge in [0.25, 0.3) is 0 Å². The lowest BCUT2D eigenvalue weighted by molar-refractivity contribution is 1.06. The van der Waals surface area contributed by atoms with Crippen molar-refractivity contribution in [3.8, 4) is 10.6 Å². The summed E-state index contributed by atoms with van der Waals surface area (Å²) >= 11 is 1.54. The summed E-state index contributed by atoms with van der Waals surface area (Å²) in [5, 5.41) is 0.811. The molecule has 0 unspecified atom stereocenters. The first-order chi connectivity index (χ1) is 6.25. The second-order valence-corrected chi connectivity index (χ2v) is 3.81. The molecule has 0 aromatic carbocycles. The molecule has 0 aliphatic carbocycles. The average molecular weight is 191 g/mol. The lowest BCUT2D eigenvalue weighted by Gasteiger charge is -1.95. The van der Waals surface area contributed by atoms with E-state index >= 15 is 0 Å². The van der Waals surface area contributed by atoms with Crippen LogP contribution >= 0.6 is 11.3 Å². The highest BCUT2D eigenvalue weighted by atomic mass is 32.1. The van der Waals surface area contributed by atoms with E-state index in [1.165, 1.54) is 11.3 Å². The van der Waals surface area contributed by atoms with Crippen molar-refractivity contribution < 1.29 is 0 Å². The predicted octanol–water partition coefficient (Wildman–Crippen LogP) is 2.10. The number of hydrogen-bond acceptors (Lipinski definition) is 4. The molecule has 0 aliphatic rings. The number of rotatable bonds is 1. The maximum atomic E-state index is 5.63. The number of anilines is 1. The maximum absolute atomic E-state index is 5.63. The van der Waals surface area contributed by atoms with Crippen LogP contribution in [-0.4, -0.2) is 9.97 Å². The molecular weight excluding hydrogens is 182 g/mol. The first-order valence-electron chi connectivity index (χ1n) is 3.91. The first-order valence-corrected chi connectivity index (χ1v) is 4.73. The standard InChI is InChI=1S/C9H9N3S/c1-6-11-5-4-7(12-6)8-2-3-9(10)13-8/h2-5H,10H2,1H3. The van der Waals surface area contributed by atoms with Gasteiger partial charge in [0, 0.05) is 6.20 Å². The van der Waals surface area contributed by atoms with E-state index in [2.05, 4.69) is 9.97 Å². The molecule has 2 aromatic rings. The molecule has 2 rings (SSSR count). The Bertz CT molecular complexity index is 422. The lowest BCUT2D eigenvalue weighted by Crippen LogP contribution is -1.87. The van der Waals surface area contributed by atoms with E-state index in [1.807, 2.05) is 25.1 Å². The SMILES string of the molecule is Cc1nccc(-c2ccc(N)s2)n1. The number of nitrogens with two attached hydrogens (primary N) is 1. The van der Waals surface area contributed by atoms with Gasteiger partial charge in [-0.2, -0.15) is 0 Å². The minimum Gasteiger partial charge on any atom is -0.391 e. The summed E-state index contributed by atoms with van der Waals surface area (Å²) in [6.07, 6.45) is 1.76. The Morgan fingerprint density at radius 1 is 1.31 bits per heavy atom. The average Bonchev–Trinajstić information content (AvgIpc) is 2.52. The Hall–Kier alpha value is -1.42. The van der Waals surface area contributed by atoms with Crippen LogP contribution in [-0.2, 0) is 0 Å². The molecule has 2 N–H and O–H groups in total. The smallest absolute Gasteiger partial charge is 0.125 e. The van der Waals surface area contributed by atoms with Crippen LogP contribution in [0.4, 0.5) is 5.00 Å². The molecule has 2 aromatic heterocycles. The van der Waals surface area contributed by atoms with Crippen molar-refractivity contribution in [2.75, 3.05) is 5.73 Å². The van der Waals surface area contributed by atoms with Crippen LogP contribution in [0.25, 0.3) is 10.6 Å². The summed E-state index contributed by atoms with van der Waals surface area (Å²) in [6.45, 7) is 1.88. The third kappa shape index (κ3) is 1.67. The monoisotopic (exact) mass is 191 g/mol. The van der Waals surface area contributed by atoms with Gasteiger partial charge in [0.2, 0.25) is 0 Å². The molecule has 0 fully saturated rings. The van der Waals surface area contributed by atoms with Gasteiger partial charge in [-0.1, -0.05) is 0 Å². The molecule has 0 saturated heterocycles. The zero-order chi connectivity index (χ0) is 9.26. The molecule has 0 bridgehead atoms. The van der Waals surface area contributed by atoms with Crippen molar-refractivity contribution in [1.82, 2.24) is 9.97 Å². The number of aryl methyl sites for hydroxylation is 1. The number of nitrogen functional groups attached to an aromatic ring is 1. The predicted molar refractivity (Wildman–Crippen MR) is 54.5 cm³/mol. The third-order valence-corrected chi connectivity index (χ3v) is 2.59. The van der Waals surface area contributed by atoms with Gasteiger partial charge in [-0.15, -0.1) is 11.3 Å². The van der Waals surface area contributed by atoms with Gasteiger partial charge in [-0.25, -0.2) is 9.97 Å². The zero-order valence-electron chi connectivity index (χ0n) is 7.19. The lowest BCUT2D eigenvalue weighted by atomic mass is 10.3. The molecule has 2 heterocycles. The fraction of sp³-hybridized carbons (Fsp3) is 0.111. The van der Waals surface area contributed by atoms with E-state index in [4.69, 9.17) is 5.73 Å². The molecule has 0 atom stereocenters. The van der Waals surface area contributed by atoms with Crippen LogP contribution in [0.2, 0.25) is 0 Å². The summed E-state index contributed by atoms with van der Waals surface area (Å²) in [5.74, 6) is 0.782. The summed E-state index contributed by atoms with van der Waals surface area (Å²) in [5.41, 5.74) is 6.57. The van der Waals surface area contributed by atoms with Gasteiger partial charge in [0.15, 0.2) is 0 Å². The van der Waals surface area contributed by atoms with Gasteiger partial charge in [0.05, 0.1) is 15.6 Å². The van der Waals surface area contributed by atoms with Crippen LogP contribution < -0.4 is 5.73 Å². The highest BCUT2D eigenvalue weighted by Gasteiger charge is 2.01. The number of hydrogen-bond donors (Lipinski definition) is 1. The van der Waals surface area contributed by atoms with Gasteiger partial charge in [-0.05, 0) is 25.1 Å². The Labute approximate surface area is 80.3 Å². The van der Waals surface area contributed by atoms with Gasteiger partial charge < -0.3 is 5.73 Å². The summed E-state index contributed by atoms with van der Waals surface area (Å²) in [7, 11) is 0. The Balaban J connectivity index is 2.46. The molecule has 0 radical (unpaired) electrons. The minimum absolute atomic E-state index is 0.782. The van der Waals surface area contributed by atoms with Crippen LogP contribution in [0.15, 0.2) is 24.4 Å². The maximum Gasteiger partial charge on any atom is 0.125 e. The quantitative estimate of drug-likeness (QED) is 0.751. The van der Waals surface area contributed by atoms with Gasteiger partial charge in [0.1, 0.15) is 5.82 Å². The third-order valence-electron chi connectivity index (χ3n) is 1.66. The Morgan fingerprint density at radius 3 is 2.77 bits per heavy atom. The summed E-state index contributed by atoms with van der Waals surface area (Å²) in [4.78, 5) is 9.42. The highest BCUT2D eigenvalue weighted by molar-refractivity contribution is 7.19. The van der Waals surface area contributed by atoms with Crippen LogP contribution in [0.5, 0.6) is 0 Å². The van der Waals surface area contributed by atoms with Crippen molar-refractivity contribution in [1.29, 1.82) is 0 Å². The molecule has 0 amide bonds. The Kier molecular flexibility index (Phi) is 1.98. The molecular formula is C9H9N3S. The fourth-order valence-electron chi connectivity index (χ4n) is 1.08. The topological polar surface area (TPSA) is 51.8 Å². The second-order valence-electron chi connectivity index (χ2n) is 2.69. The highest BCUT2D eigenvalue weighted by Crippen LogP contribution is 2.27. The van der Waals surface area contributed by atoms with Crippen LogP contribution in [0.1, 0.15) is 5.82 Å². The fourth-order valence-corrected chi connectivity index (χ4v) is 1.83. The normalized spacial score (nSPS) is 10.2. The molecule has 13 heavy (non-hydrogen) atoms. The van der Waals surface area contributed by atoms with Crippen molar-refractivity contribution >= 4 is 16.3 Å². The molecule has 66 valence electrons. The number of thiophene rings is 1. The first kappa shape index (κ1) is 8.19. The van der Waals surface area contributed by atoms with Crippen LogP contribution in [0.3, 0.4) is 0 Å².